The minimum atomic E-state index is -0.0369. The standard InChI is InChI=1S/C19H40O/c1-17(2)13-9-5-7-11-15-19(20)16-12-8-6-10-14-18(3)4/h17-20H,5-16H2,1-4H3. The van der Waals surface area contributed by atoms with E-state index in [0.717, 1.165) is 24.7 Å². The van der Waals surface area contributed by atoms with Crippen LogP contribution in [0.3, 0.4) is 0 Å². The molecule has 0 heterocycles. The molecule has 0 aromatic rings. The van der Waals surface area contributed by atoms with Crippen molar-refractivity contribution in [2.75, 3.05) is 0 Å². The van der Waals surface area contributed by atoms with Gasteiger partial charge in [0, 0.05) is 0 Å². The topological polar surface area (TPSA) is 20.2 Å². The van der Waals surface area contributed by atoms with Gasteiger partial charge >= 0.3 is 0 Å². The van der Waals surface area contributed by atoms with E-state index >= 15 is 0 Å². The van der Waals surface area contributed by atoms with E-state index in [4.69, 9.17) is 0 Å². The van der Waals surface area contributed by atoms with Crippen molar-refractivity contribution in [2.24, 2.45) is 11.8 Å². The number of hydrogen-bond donors (Lipinski definition) is 1. The van der Waals surface area contributed by atoms with E-state index in [9.17, 15) is 5.11 Å². The van der Waals surface area contributed by atoms with Crippen LogP contribution in [0, 0.1) is 11.8 Å². The van der Waals surface area contributed by atoms with Crippen LogP contribution in [0.1, 0.15) is 105 Å². The average molecular weight is 285 g/mol. The van der Waals surface area contributed by atoms with Crippen LogP contribution in [0.15, 0.2) is 0 Å². The molecule has 0 unspecified atom stereocenters. The van der Waals surface area contributed by atoms with E-state index in [-0.39, 0.29) is 6.10 Å². The molecule has 0 amide bonds. The van der Waals surface area contributed by atoms with Crippen molar-refractivity contribution in [3.63, 3.8) is 0 Å². The number of unbranched alkanes of at least 4 members (excludes halogenated alkanes) is 6. The lowest BCUT2D eigenvalue weighted by atomic mass is 10.00. The summed E-state index contributed by atoms with van der Waals surface area (Å²) in [5.41, 5.74) is 0. The molecule has 0 rings (SSSR count). The van der Waals surface area contributed by atoms with E-state index in [1.54, 1.807) is 0 Å². The first-order valence-corrected chi connectivity index (χ1v) is 9.20. The van der Waals surface area contributed by atoms with Crippen molar-refractivity contribution in [2.45, 2.75) is 111 Å². The summed E-state index contributed by atoms with van der Waals surface area (Å²) in [6.45, 7) is 9.19. The maximum Gasteiger partial charge on any atom is 0.0540 e. The second-order valence-corrected chi connectivity index (χ2v) is 7.42. The zero-order valence-corrected chi connectivity index (χ0v) is 14.7. The molecule has 20 heavy (non-hydrogen) atoms. The molecule has 0 saturated carbocycles. The van der Waals surface area contributed by atoms with Gasteiger partial charge < -0.3 is 5.11 Å². The number of hydrogen-bond acceptors (Lipinski definition) is 1. The van der Waals surface area contributed by atoms with E-state index < -0.39 is 0 Å². The van der Waals surface area contributed by atoms with Crippen molar-refractivity contribution < 1.29 is 5.11 Å². The normalized spacial score (nSPS) is 12.0. The Labute approximate surface area is 128 Å². The quantitative estimate of drug-likeness (QED) is 0.369. The molecule has 0 aromatic heterocycles. The minimum Gasteiger partial charge on any atom is -0.393 e. The summed E-state index contributed by atoms with van der Waals surface area (Å²) < 4.78 is 0. The second kappa shape index (κ2) is 13.9. The second-order valence-electron chi connectivity index (χ2n) is 7.42. The van der Waals surface area contributed by atoms with Gasteiger partial charge in [0.25, 0.3) is 0 Å². The molecule has 0 aliphatic heterocycles. The summed E-state index contributed by atoms with van der Waals surface area (Å²) in [5, 5.41) is 9.94. The molecule has 0 saturated heterocycles. The van der Waals surface area contributed by atoms with Gasteiger partial charge in [0.15, 0.2) is 0 Å². The third-order valence-corrected chi connectivity index (χ3v) is 4.14. The number of aliphatic hydroxyl groups excluding tert-OH is 1. The van der Waals surface area contributed by atoms with Crippen LogP contribution in [0.25, 0.3) is 0 Å². The summed E-state index contributed by atoms with van der Waals surface area (Å²) in [5.74, 6) is 1.69. The maximum atomic E-state index is 9.94. The molecule has 122 valence electrons. The van der Waals surface area contributed by atoms with Crippen LogP contribution in [0.4, 0.5) is 0 Å². The fraction of sp³-hybridized carbons (Fsp3) is 1.00. The van der Waals surface area contributed by atoms with E-state index in [1.165, 1.54) is 64.2 Å². The summed E-state index contributed by atoms with van der Waals surface area (Å²) in [7, 11) is 0. The van der Waals surface area contributed by atoms with Crippen molar-refractivity contribution in [3.8, 4) is 0 Å². The first-order chi connectivity index (χ1) is 9.52. The van der Waals surface area contributed by atoms with Gasteiger partial charge in [-0.25, -0.2) is 0 Å². The third-order valence-electron chi connectivity index (χ3n) is 4.14. The highest BCUT2D eigenvalue weighted by molar-refractivity contribution is 4.58. The highest BCUT2D eigenvalue weighted by Crippen LogP contribution is 2.15. The third kappa shape index (κ3) is 16.0. The molecule has 1 N–H and O–H groups in total. The lowest BCUT2D eigenvalue weighted by Gasteiger charge is -2.11. The van der Waals surface area contributed by atoms with Crippen molar-refractivity contribution >= 4 is 0 Å². The zero-order chi connectivity index (χ0) is 15.2. The Morgan fingerprint density at radius 1 is 0.500 bits per heavy atom. The molecule has 1 nitrogen and oxygen atoms in total. The fourth-order valence-electron chi connectivity index (χ4n) is 2.72. The summed E-state index contributed by atoms with van der Waals surface area (Å²) in [4.78, 5) is 0. The van der Waals surface area contributed by atoms with Crippen LogP contribution >= 0.6 is 0 Å². The number of aliphatic hydroxyl groups is 1. The molecule has 0 atom stereocenters. The van der Waals surface area contributed by atoms with Crippen LogP contribution in [-0.4, -0.2) is 11.2 Å². The lowest BCUT2D eigenvalue weighted by Crippen LogP contribution is -2.06. The molecule has 1 heteroatoms. The molecule has 0 radical (unpaired) electrons. The molecular formula is C19H40O. The van der Waals surface area contributed by atoms with E-state index in [2.05, 4.69) is 27.7 Å². The predicted molar refractivity (Wildman–Crippen MR) is 91.1 cm³/mol. The van der Waals surface area contributed by atoms with Gasteiger partial charge in [0.05, 0.1) is 6.10 Å². The van der Waals surface area contributed by atoms with Crippen molar-refractivity contribution in [1.29, 1.82) is 0 Å². The molecule has 0 aromatic carbocycles. The van der Waals surface area contributed by atoms with Crippen LogP contribution < -0.4 is 0 Å². The molecule has 0 spiro atoms. The first kappa shape index (κ1) is 20.0. The Bertz CT molecular complexity index is 166. The first-order valence-electron chi connectivity index (χ1n) is 9.20. The fourth-order valence-corrected chi connectivity index (χ4v) is 2.72. The smallest absolute Gasteiger partial charge is 0.0540 e. The average Bonchev–Trinajstić information content (AvgIpc) is 2.37. The SMILES string of the molecule is CC(C)CCCCCCC(O)CCCCCCC(C)C. The van der Waals surface area contributed by atoms with Crippen molar-refractivity contribution in [1.82, 2.24) is 0 Å². The Morgan fingerprint density at radius 2 is 0.800 bits per heavy atom. The number of rotatable bonds is 14. The summed E-state index contributed by atoms with van der Waals surface area (Å²) in [6, 6.07) is 0. The van der Waals surface area contributed by atoms with E-state index in [0.29, 0.717) is 0 Å². The van der Waals surface area contributed by atoms with Gasteiger partial charge in [-0.05, 0) is 24.7 Å². The highest BCUT2D eigenvalue weighted by atomic mass is 16.3. The predicted octanol–water partition coefficient (Wildman–Crippen LogP) is 6.34. The van der Waals surface area contributed by atoms with Gasteiger partial charge in [0.1, 0.15) is 0 Å². The van der Waals surface area contributed by atoms with Gasteiger partial charge in [0.2, 0.25) is 0 Å². The highest BCUT2D eigenvalue weighted by Gasteiger charge is 2.04. The van der Waals surface area contributed by atoms with Gasteiger partial charge in [-0.15, -0.1) is 0 Å². The zero-order valence-electron chi connectivity index (χ0n) is 14.7. The van der Waals surface area contributed by atoms with Crippen LogP contribution in [0.5, 0.6) is 0 Å². The Kier molecular flexibility index (Phi) is 13.9. The molecular weight excluding hydrogens is 244 g/mol. The van der Waals surface area contributed by atoms with E-state index in [1.807, 2.05) is 0 Å². The molecule has 0 aliphatic rings. The Hall–Kier alpha value is -0.0400. The van der Waals surface area contributed by atoms with Gasteiger partial charge in [-0.1, -0.05) is 91.9 Å². The summed E-state index contributed by atoms with van der Waals surface area (Å²) in [6.07, 6.45) is 15.2. The Morgan fingerprint density at radius 3 is 1.10 bits per heavy atom. The summed E-state index contributed by atoms with van der Waals surface area (Å²) >= 11 is 0. The van der Waals surface area contributed by atoms with Crippen molar-refractivity contribution in [3.05, 3.63) is 0 Å². The Balaban J connectivity index is 3.18. The van der Waals surface area contributed by atoms with Gasteiger partial charge in [-0.2, -0.15) is 0 Å². The van der Waals surface area contributed by atoms with Crippen LogP contribution in [-0.2, 0) is 0 Å². The van der Waals surface area contributed by atoms with Gasteiger partial charge in [-0.3, -0.25) is 0 Å². The maximum absolute atomic E-state index is 9.94. The molecule has 0 bridgehead atoms. The largest absolute Gasteiger partial charge is 0.393 e. The monoisotopic (exact) mass is 284 g/mol. The lowest BCUT2D eigenvalue weighted by molar-refractivity contribution is 0.147. The molecule has 0 fully saturated rings. The van der Waals surface area contributed by atoms with Crippen LogP contribution in [0.2, 0.25) is 0 Å². The molecule has 0 aliphatic carbocycles. The minimum absolute atomic E-state index is 0.0369.